The fourth-order valence-corrected chi connectivity index (χ4v) is 4.92. The van der Waals surface area contributed by atoms with Gasteiger partial charge < -0.3 is 10.2 Å². The Morgan fingerprint density at radius 1 is 1.33 bits per heavy atom. The third kappa shape index (κ3) is 2.53. The van der Waals surface area contributed by atoms with Crippen LogP contribution in [0.5, 0.6) is 0 Å². The number of carbonyl (C=O) groups is 1. The first-order valence-electron chi connectivity index (χ1n) is 6.19. The molecule has 0 radical (unpaired) electrons. The van der Waals surface area contributed by atoms with Crippen LogP contribution in [0.4, 0.5) is 0 Å². The van der Waals surface area contributed by atoms with Crippen molar-refractivity contribution >= 4 is 15.8 Å². The quantitative estimate of drug-likeness (QED) is 0.695. The number of carboxylic acids is 1. The summed E-state index contributed by atoms with van der Waals surface area (Å²) in [4.78, 5) is 13.0. The predicted octanol–water partition coefficient (Wildman–Crippen LogP) is -0.671. The van der Waals surface area contributed by atoms with E-state index in [1.165, 1.54) is 0 Å². The van der Waals surface area contributed by atoms with Crippen LogP contribution in [0.2, 0.25) is 0 Å². The molecule has 0 saturated carbocycles. The van der Waals surface area contributed by atoms with Crippen LogP contribution in [0, 0.1) is 5.92 Å². The van der Waals surface area contributed by atoms with Crippen molar-refractivity contribution in [3.05, 3.63) is 0 Å². The van der Waals surface area contributed by atoms with Crippen LogP contribution in [0.3, 0.4) is 0 Å². The lowest BCUT2D eigenvalue weighted by molar-refractivity contribution is -0.149. The number of sulfone groups is 1. The first kappa shape index (κ1) is 13.8. The Kier molecular flexibility index (Phi) is 3.66. The fourth-order valence-electron chi connectivity index (χ4n) is 3.10. The van der Waals surface area contributed by atoms with Crippen molar-refractivity contribution in [1.29, 1.82) is 0 Å². The van der Waals surface area contributed by atoms with E-state index in [-0.39, 0.29) is 17.4 Å². The van der Waals surface area contributed by atoms with Gasteiger partial charge in [0.15, 0.2) is 9.84 Å². The molecule has 4 atom stereocenters. The minimum Gasteiger partial charge on any atom is -0.480 e. The fraction of sp³-hybridized carbons (Fsp3) is 0.909. The van der Waals surface area contributed by atoms with Gasteiger partial charge in [-0.25, -0.2) is 8.42 Å². The van der Waals surface area contributed by atoms with Crippen molar-refractivity contribution in [3.63, 3.8) is 0 Å². The van der Waals surface area contributed by atoms with Gasteiger partial charge in [-0.3, -0.25) is 9.69 Å². The summed E-state index contributed by atoms with van der Waals surface area (Å²) in [6.45, 7) is 2.40. The smallest absolute Gasteiger partial charge is 0.321 e. The number of nitrogens with zero attached hydrogens (tertiary/aromatic N) is 1. The number of hydrogen-bond donors (Lipinski definition) is 2. The van der Waals surface area contributed by atoms with Crippen molar-refractivity contribution in [1.82, 2.24) is 4.90 Å². The van der Waals surface area contributed by atoms with Crippen LogP contribution in [-0.2, 0) is 14.6 Å². The summed E-state index contributed by atoms with van der Waals surface area (Å²) in [5.74, 6) is -1.34. The molecular formula is C11H19NO5S. The number of aliphatic hydroxyl groups excluding tert-OH is 1. The predicted molar refractivity (Wildman–Crippen MR) is 65.0 cm³/mol. The lowest BCUT2D eigenvalue weighted by Crippen LogP contribution is -2.56. The summed E-state index contributed by atoms with van der Waals surface area (Å²) in [6.07, 6.45) is 0.694. The monoisotopic (exact) mass is 277 g/mol. The molecule has 2 aliphatic heterocycles. The van der Waals surface area contributed by atoms with Gasteiger partial charge in [0.1, 0.15) is 6.04 Å². The van der Waals surface area contributed by atoms with Crippen molar-refractivity contribution < 1.29 is 23.4 Å². The van der Waals surface area contributed by atoms with Crippen LogP contribution >= 0.6 is 0 Å². The molecular weight excluding hydrogens is 258 g/mol. The van der Waals surface area contributed by atoms with Crippen molar-refractivity contribution in [2.75, 3.05) is 18.1 Å². The molecule has 0 aliphatic carbocycles. The Morgan fingerprint density at radius 3 is 2.50 bits per heavy atom. The van der Waals surface area contributed by atoms with E-state index < -0.39 is 34.0 Å². The number of piperidine rings is 1. The largest absolute Gasteiger partial charge is 0.480 e. The first-order valence-corrected chi connectivity index (χ1v) is 8.01. The second-order valence-corrected chi connectivity index (χ2v) is 7.51. The molecule has 0 aromatic carbocycles. The molecule has 2 heterocycles. The van der Waals surface area contributed by atoms with E-state index in [0.717, 1.165) is 12.8 Å². The topological polar surface area (TPSA) is 94.9 Å². The molecule has 0 spiro atoms. The number of aliphatic carboxylic acids is 1. The average Bonchev–Trinajstić information content (AvgIpc) is 2.51. The minimum absolute atomic E-state index is 0.0215. The van der Waals surface area contributed by atoms with E-state index in [4.69, 9.17) is 0 Å². The number of aliphatic hydroxyl groups is 1. The molecule has 18 heavy (non-hydrogen) atoms. The lowest BCUT2D eigenvalue weighted by Gasteiger charge is -2.41. The molecule has 2 fully saturated rings. The molecule has 0 aromatic rings. The molecule has 2 N–H and O–H groups in total. The number of rotatable bonds is 2. The molecule has 2 aliphatic rings. The van der Waals surface area contributed by atoms with Crippen LogP contribution < -0.4 is 0 Å². The highest BCUT2D eigenvalue weighted by Crippen LogP contribution is 2.29. The lowest BCUT2D eigenvalue weighted by atomic mass is 9.89. The minimum atomic E-state index is -3.25. The molecule has 4 unspecified atom stereocenters. The van der Waals surface area contributed by atoms with Gasteiger partial charge in [0.2, 0.25) is 0 Å². The van der Waals surface area contributed by atoms with E-state index in [0.29, 0.717) is 6.54 Å². The zero-order valence-electron chi connectivity index (χ0n) is 10.3. The molecule has 7 heteroatoms. The van der Waals surface area contributed by atoms with E-state index in [9.17, 15) is 23.4 Å². The molecule has 6 nitrogen and oxygen atoms in total. The van der Waals surface area contributed by atoms with Crippen LogP contribution in [0.1, 0.15) is 19.8 Å². The Balaban J connectivity index is 2.23. The molecule has 2 saturated heterocycles. The Morgan fingerprint density at radius 2 is 2.00 bits per heavy atom. The third-order valence-corrected chi connectivity index (χ3v) is 5.64. The zero-order chi connectivity index (χ0) is 13.5. The van der Waals surface area contributed by atoms with Gasteiger partial charge in [0.25, 0.3) is 0 Å². The van der Waals surface area contributed by atoms with Crippen LogP contribution in [0.15, 0.2) is 0 Å². The van der Waals surface area contributed by atoms with Crippen LogP contribution in [-0.4, -0.2) is 65.7 Å². The second-order valence-electron chi connectivity index (χ2n) is 5.35. The van der Waals surface area contributed by atoms with Crippen molar-refractivity contribution in [2.45, 2.75) is 38.0 Å². The normalized spacial score (nSPS) is 40.8. The maximum Gasteiger partial charge on any atom is 0.321 e. The molecule has 0 aromatic heterocycles. The highest BCUT2D eigenvalue weighted by Gasteiger charge is 2.46. The average molecular weight is 277 g/mol. The summed E-state index contributed by atoms with van der Waals surface area (Å²) < 4.78 is 23.0. The Labute approximate surface area is 107 Å². The summed E-state index contributed by atoms with van der Waals surface area (Å²) in [5.41, 5.74) is 0. The number of likely N-dealkylation sites (tertiary alicyclic amines) is 1. The van der Waals surface area contributed by atoms with Gasteiger partial charge in [0.05, 0.1) is 23.7 Å². The Bertz CT molecular complexity index is 435. The Hall–Kier alpha value is -0.660. The summed E-state index contributed by atoms with van der Waals surface area (Å²) >= 11 is 0. The van der Waals surface area contributed by atoms with Gasteiger partial charge in [-0.15, -0.1) is 0 Å². The highest BCUT2D eigenvalue weighted by molar-refractivity contribution is 7.91. The maximum atomic E-state index is 11.5. The maximum absolute atomic E-state index is 11.5. The first-order chi connectivity index (χ1) is 8.32. The van der Waals surface area contributed by atoms with E-state index in [1.54, 1.807) is 4.90 Å². The summed E-state index contributed by atoms with van der Waals surface area (Å²) in [5, 5.41) is 19.1. The van der Waals surface area contributed by atoms with Gasteiger partial charge >= 0.3 is 5.97 Å². The van der Waals surface area contributed by atoms with E-state index in [1.807, 2.05) is 6.92 Å². The van der Waals surface area contributed by atoms with Crippen molar-refractivity contribution in [3.8, 4) is 0 Å². The van der Waals surface area contributed by atoms with E-state index in [2.05, 4.69) is 0 Å². The van der Waals surface area contributed by atoms with E-state index >= 15 is 0 Å². The second kappa shape index (κ2) is 4.79. The van der Waals surface area contributed by atoms with Gasteiger partial charge in [-0.2, -0.15) is 0 Å². The van der Waals surface area contributed by atoms with Gasteiger partial charge in [0, 0.05) is 0 Å². The van der Waals surface area contributed by atoms with Gasteiger partial charge in [-0.1, -0.05) is 6.92 Å². The number of carboxylic acid groups (broad SMARTS) is 1. The van der Waals surface area contributed by atoms with Crippen molar-refractivity contribution in [2.24, 2.45) is 5.92 Å². The highest BCUT2D eigenvalue weighted by atomic mass is 32.2. The summed E-state index contributed by atoms with van der Waals surface area (Å²) in [7, 11) is -3.25. The molecule has 0 amide bonds. The van der Waals surface area contributed by atoms with Gasteiger partial charge in [-0.05, 0) is 25.3 Å². The standard InChI is InChI=1S/C11H19NO5S/c1-7-3-2-4-12(10(7)11(14)15)8-5-18(16,17)6-9(8)13/h7-10,13H,2-6H2,1H3,(H,14,15). The molecule has 104 valence electrons. The summed E-state index contributed by atoms with van der Waals surface area (Å²) in [6, 6.07) is -1.26. The number of hydrogen-bond acceptors (Lipinski definition) is 5. The molecule has 0 bridgehead atoms. The molecule has 2 rings (SSSR count). The SMILES string of the molecule is CC1CCCN(C2CS(=O)(=O)CC2O)C1C(=O)O. The third-order valence-electron chi connectivity index (χ3n) is 3.94. The van der Waals surface area contributed by atoms with Crippen LogP contribution in [0.25, 0.3) is 0 Å². The zero-order valence-corrected chi connectivity index (χ0v) is 11.1.